The number of imidazole rings is 1. The van der Waals surface area contributed by atoms with Crippen molar-refractivity contribution in [2.45, 2.75) is 44.3 Å². The second-order valence-corrected chi connectivity index (χ2v) is 10.8. The van der Waals surface area contributed by atoms with Crippen molar-refractivity contribution in [2.75, 3.05) is 20.3 Å². The summed E-state index contributed by atoms with van der Waals surface area (Å²) >= 11 is 1.76. The number of nitrogens with two attached hydrogens (primary N) is 1. The van der Waals surface area contributed by atoms with Gasteiger partial charge >= 0.3 is 0 Å². The quantitative estimate of drug-likeness (QED) is 0.428. The van der Waals surface area contributed by atoms with Gasteiger partial charge in [0, 0.05) is 37.1 Å². The predicted octanol–water partition coefficient (Wildman–Crippen LogP) is 3.60. The highest BCUT2D eigenvalue weighted by Gasteiger charge is 2.32. The molecule has 1 saturated heterocycles. The normalized spacial score (nSPS) is 20.7. The zero-order valence-electron chi connectivity index (χ0n) is 20.1. The first-order valence-corrected chi connectivity index (χ1v) is 13.2. The van der Waals surface area contributed by atoms with Gasteiger partial charge in [-0.3, -0.25) is 4.79 Å². The van der Waals surface area contributed by atoms with Crippen LogP contribution in [-0.2, 0) is 13.6 Å². The maximum Gasteiger partial charge on any atom is 0.254 e. The van der Waals surface area contributed by atoms with Crippen molar-refractivity contribution in [1.82, 2.24) is 19.0 Å². The van der Waals surface area contributed by atoms with Gasteiger partial charge in [0.15, 0.2) is 5.82 Å². The Bertz CT molecular complexity index is 1420. The molecule has 2 atom stereocenters. The molecule has 9 heteroatoms. The Labute approximate surface area is 207 Å². The lowest BCUT2D eigenvalue weighted by atomic mass is 9.98. The highest BCUT2D eigenvalue weighted by molar-refractivity contribution is 7.16. The van der Waals surface area contributed by atoms with E-state index in [9.17, 15) is 9.90 Å². The van der Waals surface area contributed by atoms with E-state index in [1.165, 1.54) is 23.1 Å². The number of aliphatic hydroxyl groups is 1. The summed E-state index contributed by atoms with van der Waals surface area (Å²) < 4.78 is 10.2. The number of carbonyl (C=O) groups is 1. The summed E-state index contributed by atoms with van der Waals surface area (Å²) in [5, 5.41) is 13.2. The minimum Gasteiger partial charge on any atom is -0.494 e. The molecule has 4 aromatic rings. The summed E-state index contributed by atoms with van der Waals surface area (Å²) in [6, 6.07) is 7.70. The van der Waals surface area contributed by atoms with E-state index < -0.39 is 0 Å². The second kappa shape index (κ2) is 8.65. The number of methoxy groups -OCH3 is 1. The number of hydrogen-bond acceptors (Lipinski definition) is 6. The number of hydrogen-bond donors (Lipinski definition) is 2. The van der Waals surface area contributed by atoms with Gasteiger partial charge in [0.05, 0.1) is 31.0 Å². The number of fused-ring (bicyclic) bond motifs is 2. The van der Waals surface area contributed by atoms with E-state index in [1.807, 2.05) is 13.1 Å². The Hall–Kier alpha value is -2.88. The average Bonchev–Trinajstić information content (AvgIpc) is 3.31. The first-order chi connectivity index (χ1) is 17.0. The molecule has 35 heavy (non-hydrogen) atoms. The van der Waals surface area contributed by atoms with Crippen LogP contribution in [0.5, 0.6) is 5.75 Å². The van der Waals surface area contributed by atoms with Crippen LogP contribution in [0.25, 0.3) is 32.8 Å². The van der Waals surface area contributed by atoms with Crippen molar-refractivity contribution in [1.29, 1.82) is 0 Å². The fourth-order valence-electron chi connectivity index (χ4n) is 5.38. The first-order valence-electron chi connectivity index (χ1n) is 12.3. The number of rotatable bonds is 6. The number of piperidine rings is 1. The number of ether oxygens (including phenoxy) is 1. The Morgan fingerprint density at radius 1 is 1.26 bits per heavy atom. The first kappa shape index (κ1) is 22.6. The molecule has 8 nitrogen and oxygen atoms in total. The molecule has 2 aliphatic rings. The Balaban J connectivity index is 1.45. The van der Waals surface area contributed by atoms with Crippen molar-refractivity contribution in [3.05, 3.63) is 35.2 Å². The summed E-state index contributed by atoms with van der Waals surface area (Å²) in [7, 11) is 3.62. The molecule has 3 N–H and O–H groups in total. The highest BCUT2D eigenvalue weighted by Crippen LogP contribution is 2.39. The van der Waals surface area contributed by atoms with Gasteiger partial charge in [-0.25, -0.2) is 4.98 Å². The van der Waals surface area contributed by atoms with Gasteiger partial charge < -0.3 is 29.6 Å². The molecular formula is C26H31N5O3S. The van der Waals surface area contributed by atoms with E-state index >= 15 is 0 Å². The van der Waals surface area contributed by atoms with E-state index in [4.69, 9.17) is 15.5 Å². The van der Waals surface area contributed by atoms with Crippen LogP contribution in [0, 0.1) is 5.92 Å². The van der Waals surface area contributed by atoms with E-state index in [0.29, 0.717) is 24.3 Å². The van der Waals surface area contributed by atoms with Gasteiger partial charge in [0.2, 0.25) is 0 Å². The molecule has 1 amide bonds. The largest absolute Gasteiger partial charge is 0.494 e. The third-order valence-corrected chi connectivity index (χ3v) is 8.44. The molecule has 1 aromatic carbocycles. The zero-order chi connectivity index (χ0) is 24.3. The molecule has 1 aliphatic carbocycles. The van der Waals surface area contributed by atoms with E-state index in [2.05, 4.69) is 26.6 Å². The van der Waals surface area contributed by atoms with Crippen LogP contribution in [0.2, 0.25) is 0 Å². The van der Waals surface area contributed by atoms with Gasteiger partial charge in [-0.15, -0.1) is 11.3 Å². The van der Waals surface area contributed by atoms with Crippen LogP contribution in [0.15, 0.2) is 29.6 Å². The maximum atomic E-state index is 13.5. The van der Waals surface area contributed by atoms with Gasteiger partial charge in [-0.05, 0) is 61.2 Å². The lowest BCUT2D eigenvalue weighted by molar-refractivity contribution is 0.0472. The maximum absolute atomic E-state index is 13.5. The number of likely N-dealkylation sites (tertiary alicyclic amines) is 1. The van der Waals surface area contributed by atoms with Crippen LogP contribution in [-0.4, -0.2) is 62.4 Å². The van der Waals surface area contributed by atoms with E-state index in [0.717, 1.165) is 41.4 Å². The number of amides is 1. The van der Waals surface area contributed by atoms with Crippen LogP contribution in [0.1, 0.15) is 36.0 Å². The number of aryl methyl sites for hydroxylation is 1. The summed E-state index contributed by atoms with van der Waals surface area (Å²) in [4.78, 5) is 21.5. The molecule has 2 unspecified atom stereocenters. The SMILES string of the molecule is COc1cc(C(=O)N2CC(N)CCC2CO)cc2nc(-c3cc4ccsc4n3CC3CC3)n(C)c12. The molecule has 1 saturated carbocycles. The number of aromatic nitrogens is 3. The monoisotopic (exact) mass is 493 g/mol. The second-order valence-electron chi connectivity index (χ2n) is 9.94. The molecule has 0 radical (unpaired) electrons. The average molecular weight is 494 g/mol. The number of nitrogens with zero attached hydrogens (tertiary/aromatic N) is 4. The van der Waals surface area contributed by atoms with Crippen molar-refractivity contribution in [2.24, 2.45) is 18.7 Å². The summed E-state index contributed by atoms with van der Waals surface area (Å²) in [5.74, 6) is 2.05. The molecule has 0 bridgehead atoms. The minimum atomic E-state index is -0.220. The van der Waals surface area contributed by atoms with Crippen molar-refractivity contribution >= 4 is 38.5 Å². The fraction of sp³-hybridized carbons (Fsp3) is 0.462. The third-order valence-electron chi connectivity index (χ3n) is 7.48. The van der Waals surface area contributed by atoms with Crippen LogP contribution in [0.4, 0.5) is 0 Å². The smallest absolute Gasteiger partial charge is 0.254 e. The predicted molar refractivity (Wildman–Crippen MR) is 138 cm³/mol. The topological polar surface area (TPSA) is 98.5 Å². The number of thiophene rings is 1. The van der Waals surface area contributed by atoms with Crippen LogP contribution < -0.4 is 10.5 Å². The van der Waals surface area contributed by atoms with Gasteiger partial charge in [0.1, 0.15) is 16.1 Å². The molecule has 6 rings (SSSR count). The molecule has 1 aliphatic heterocycles. The highest BCUT2D eigenvalue weighted by atomic mass is 32.1. The van der Waals surface area contributed by atoms with Gasteiger partial charge in [-0.2, -0.15) is 0 Å². The third kappa shape index (κ3) is 3.82. The zero-order valence-corrected chi connectivity index (χ0v) is 20.9. The molecular weight excluding hydrogens is 462 g/mol. The fourth-order valence-corrected chi connectivity index (χ4v) is 6.29. The van der Waals surface area contributed by atoms with Crippen molar-refractivity contribution in [3.8, 4) is 17.3 Å². The Kier molecular flexibility index (Phi) is 5.58. The summed E-state index contributed by atoms with van der Waals surface area (Å²) in [5.41, 5.74) is 9.32. The molecule has 0 spiro atoms. The summed E-state index contributed by atoms with van der Waals surface area (Å²) in [6.07, 6.45) is 4.06. The molecule has 2 fully saturated rings. The van der Waals surface area contributed by atoms with E-state index in [-0.39, 0.29) is 24.6 Å². The molecule has 4 heterocycles. The van der Waals surface area contributed by atoms with E-state index in [1.54, 1.807) is 29.4 Å². The van der Waals surface area contributed by atoms with Gasteiger partial charge in [0.25, 0.3) is 5.91 Å². The summed E-state index contributed by atoms with van der Waals surface area (Å²) in [6.45, 7) is 1.37. The molecule has 3 aromatic heterocycles. The lowest BCUT2D eigenvalue weighted by Gasteiger charge is -2.37. The lowest BCUT2D eigenvalue weighted by Crippen LogP contribution is -2.52. The number of benzene rings is 1. The van der Waals surface area contributed by atoms with Crippen LogP contribution >= 0.6 is 11.3 Å². The van der Waals surface area contributed by atoms with Gasteiger partial charge in [-0.1, -0.05) is 0 Å². The van der Waals surface area contributed by atoms with Crippen molar-refractivity contribution in [3.63, 3.8) is 0 Å². The minimum absolute atomic E-state index is 0.0688. The Morgan fingerprint density at radius 3 is 2.83 bits per heavy atom. The van der Waals surface area contributed by atoms with Crippen molar-refractivity contribution < 1.29 is 14.6 Å². The Morgan fingerprint density at radius 2 is 2.09 bits per heavy atom. The number of carbonyl (C=O) groups excluding carboxylic acids is 1. The molecule has 184 valence electrons. The van der Waals surface area contributed by atoms with Crippen LogP contribution in [0.3, 0.4) is 0 Å². The number of aliphatic hydroxyl groups excluding tert-OH is 1. The standard InChI is InChI=1S/C26H31N5O3S/c1-29-23-20(28-24(29)21-10-16-7-8-35-26(16)31(21)12-15-3-4-15)9-17(11-22(23)34-2)25(33)30-13-18(27)5-6-19(30)14-32/h7-11,15,18-19,32H,3-6,12-14,27H2,1-2H3.